The fraction of sp³-hybridized carbons (Fsp3) is 0.333. The molecule has 4 N–H and O–H groups in total. The van der Waals surface area contributed by atoms with Crippen molar-refractivity contribution in [2.24, 2.45) is 5.84 Å². The van der Waals surface area contributed by atoms with Gasteiger partial charge in [0.25, 0.3) is 0 Å². The van der Waals surface area contributed by atoms with Crippen molar-refractivity contribution in [1.29, 1.82) is 0 Å². The first-order chi connectivity index (χ1) is 7.28. The van der Waals surface area contributed by atoms with E-state index >= 15 is 0 Å². The van der Waals surface area contributed by atoms with E-state index in [-0.39, 0.29) is 0 Å². The predicted octanol–water partition coefficient (Wildman–Crippen LogP) is 0.543. The first-order valence-electron chi connectivity index (χ1n) is 4.08. The molecule has 2 aromatic rings. The Labute approximate surface area is 93.9 Å². The molecule has 0 unspecified atom stereocenters. The molecule has 0 aliphatic heterocycles. The van der Waals surface area contributed by atoms with Crippen molar-refractivity contribution in [3.63, 3.8) is 0 Å². The quantitative estimate of drug-likeness (QED) is 0.409. The molecule has 2 aromatic heterocycles. The fourth-order valence-corrected chi connectivity index (χ4v) is 2.36. The summed E-state index contributed by atoms with van der Waals surface area (Å²) >= 11 is 2.92. The largest absolute Gasteiger partial charge is 0.298 e. The maximum Gasteiger partial charge on any atom is 0.219 e. The summed E-state index contributed by atoms with van der Waals surface area (Å²) in [5.74, 6) is 6.69. The van der Waals surface area contributed by atoms with Crippen molar-refractivity contribution < 1.29 is 0 Å². The third-order valence-corrected chi connectivity index (χ3v) is 3.39. The van der Waals surface area contributed by atoms with Gasteiger partial charge in [0.15, 0.2) is 0 Å². The van der Waals surface area contributed by atoms with Crippen LogP contribution in [0, 0.1) is 6.92 Å². The second kappa shape index (κ2) is 4.55. The van der Waals surface area contributed by atoms with Crippen LogP contribution in [0.15, 0.2) is 5.16 Å². The van der Waals surface area contributed by atoms with E-state index in [1.165, 1.54) is 23.1 Å². The summed E-state index contributed by atoms with van der Waals surface area (Å²) in [6, 6.07) is 0. The molecular weight excluding hydrogens is 234 g/mol. The first-order valence-corrected chi connectivity index (χ1v) is 5.89. The number of H-pyrrole nitrogens is 1. The predicted molar refractivity (Wildman–Crippen MR) is 58.4 cm³/mol. The summed E-state index contributed by atoms with van der Waals surface area (Å²) in [5.41, 5.74) is 2.45. The van der Waals surface area contributed by atoms with Crippen molar-refractivity contribution in [3.8, 4) is 0 Å². The van der Waals surface area contributed by atoms with Crippen LogP contribution in [-0.2, 0) is 5.75 Å². The number of nitrogens with zero attached hydrogens (tertiary/aromatic N) is 4. The van der Waals surface area contributed by atoms with Crippen LogP contribution in [0.2, 0.25) is 0 Å². The van der Waals surface area contributed by atoms with Gasteiger partial charge in [0.2, 0.25) is 10.3 Å². The summed E-state index contributed by atoms with van der Waals surface area (Å²) in [7, 11) is 0. The van der Waals surface area contributed by atoms with Crippen LogP contribution >= 0.6 is 23.1 Å². The van der Waals surface area contributed by atoms with Crippen LogP contribution < -0.4 is 11.3 Å². The third kappa shape index (κ3) is 2.64. The number of nitrogen functional groups attached to an aromatic ring is 1. The minimum absolute atomic E-state index is 0.608. The van der Waals surface area contributed by atoms with Crippen molar-refractivity contribution in [2.75, 3.05) is 5.43 Å². The van der Waals surface area contributed by atoms with Crippen molar-refractivity contribution in [2.45, 2.75) is 17.8 Å². The van der Waals surface area contributed by atoms with E-state index in [1.54, 1.807) is 0 Å². The molecule has 15 heavy (non-hydrogen) atoms. The van der Waals surface area contributed by atoms with Crippen molar-refractivity contribution in [1.82, 2.24) is 25.4 Å². The Morgan fingerprint density at radius 3 is 3.00 bits per heavy atom. The smallest absolute Gasteiger partial charge is 0.219 e. The molecule has 0 spiro atoms. The van der Waals surface area contributed by atoms with Gasteiger partial charge in [0.1, 0.15) is 10.8 Å². The van der Waals surface area contributed by atoms with E-state index in [9.17, 15) is 0 Å². The van der Waals surface area contributed by atoms with Gasteiger partial charge in [0.05, 0.1) is 5.75 Å². The number of anilines is 1. The fourth-order valence-electron chi connectivity index (χ4n) is 0.883. The van der Waals surface area contributed by atoms with Gasteiger partial charge in [0, 0.05) is 0 Å². The van der Waals surface area contributed by atoms with E-state index in [0.717, 1.165) is 10.8 Å². The Bertz CT molecular complexity index is 436. The molecule has 0 bridgehead atoms. The normalized spacial score (nSPS) is 10.5. The summed E-state index contributed by atoms with van der Waals surface area (Å²) in [6.07, 6.45) is 0. The topological polar surface area (TPSA) is 105 Å². The van der Waals surface area contributed by atoms with Crippen LogP contribution in [0.5, 0.6) is 0 Å². The van der Waals surface area contributed by atoms with Gasteiger partial charge in [-0.1, -0.05) is 23.1 Å². The lowest BCUT2D eigenvalue weighted by Gasteiger charge is -1.89. The molecule has 7 nitrogen and oxygen atoms in total. The lowest BCUT2D eigenvalue weighted by molar-refractivity contribution is 0.966. The van der Waals surface area contributed by atoms with Gasteiger partial charge < -0.3 is 0 Å². The number of aryl methyl sites for hydroxylation is 1. The maximum absolute atomic E-state index is 5.20. The highest BCUT2D eigenvalue weighted by molar-refractivity contribution is 7.98. The number of nitrogens with one attached hydrogen (secondary N) is 2. The van der Waals surface area contributed by atoms with Gasteiger partial charge in [-0.2, -0.15) is 0 Å². The highest BCUT2D eigenvalue weighted by atomic mass is 32.2. The Balaban J connectivity index is 1.93. The number of aromatic amines is 1. The highest BCUT2D eigenvalue weighted by Crippen LogP contribution is 2.22. The highest BCUT2D eigenvalue weighted by Gasteiger charge is 2.05. The zero-order valence-electron chi connectivity index (χ0n) is 7.89. The Kier molecular flexibility index (Phi) is 3.14. The van der Waals surface area contributed by atoms with Crippen LogP contribution in [0.3, 0.4) is 0 Å². The number of rotatable bonds is 4. The molecule has 0 fully saturated rings. The Hall–Kier alpha value is -1.19. The lowest BCUT2D eigenvalue weighted by atomic mass is 10.8. The maximum atomic E-state index is 5.20. The number of nitrogens with two attached hydrogens (primary N) is 1. The number of hydrogen-bond donors (Lipinski definition) is 3. The second-order valence-corrected chi connectivity index (χ2v) is 4.64. The van der Waals surface area contributed by atoms with Crippen LogP contribution in [0.4, 0.5) is 5.13 Å². The number of hydrogen-bond acceptors (Lipinski definition) is 8. The van der Waals surface area contributed by atoms with Crippen LogP contribution in [0.1, 0.15) is 10.8 Å². The summed E-state index contributed by atoms with van der Waals surface area (Å²) < 4.78 is 0. The van der Waals surface area contributed by atoms with Crippen LogP contribution in [-0.4, -0.2) is 25.4 Å². The summed E-state index contributed by atoms with van der Waals surface area (Å²) in [5, 5.41) is 16.8. The molecular formula is C6H9N7S2. The Morgan fingerprint density at radius 2 is 2.40 bits per heavy atom. The molecule has 80 valence electrons. The average Bonchev–Trinajstić information content (AvgIpc) is 2.83. The lowest BCUT2D eigenvalue weighted by Crippen LogP contribution is -2.05. The van der Waals surface area contributed by atoms with E-state index in [0.29, 0.717) is 16.0 Å². The monoisotopic (exact) mass is 243 g/mol. The molecule has 0 aliphatic carbocycles. The molecule has 2 heterocycles. The minimum Gasteiger partial charge on any atom is -0.298 e. The molecule has 0 amide bonds. The molecule has 9 heteroatoms. The molecule has 2 rings (SSSR count). The Morgan fingerprint density at radius 1 is 1.53 bits per heavy atom. The van der Waals surface area contributed by atoms with Gasteiger partial charge in [-0.25, -0.2) is 10.8 Å². The average molecular weight is 243 g/mol. The van der Waals surface area contributed by atoms with Gasteiger partial charge in [-0.3, -0.25) is 10.5 Å². The van der Waals surface area contributed by atoms with E-state index in [2.05, 4.69) is 30.8 Å². The van der Waals surface area contributed by atoms with E-state index in [1.807, 2.05) is 6.92 Å². The minimum atomic E-state index is 0.608. The first kappa shape index (κ1) is 10.3. The molecule has 0 saturated carbocycles. The van der Waals surface area contributed by atoms with Crippen molar-refractivity contribution >= 4 is 28.2 Å². The number of thioether (sulfide) groups is 1. The van der Waals surface area contributed by atoms with Gasteiger partial charge >= 0.3 is 0 Å². The molecule has 0 aromatic carbocycles. The molecule has 0 atom stereocenters. The standard InChI is InChI=1S/C6H9N7S2/c1-3-8-5(12-10-3)14-2-4-11-13-6(9-7)15-4/h2,7H2,1H3,(H,9,13)(H,8,10,12). The summed E-state index contributed by atoms with van der Waals surface area (Å²) in [6.45, 7) is 1.86. The molecule has 0 saturated heterocycles. The third-order valence-electron chi connectivity index (χ3n) is 1.49. The van der Waals surface area contributed by atoms with E-state index < -0.39 is 0 Å². The zero-order valence-corrected chi connectivity index (χ0v) is 9.52. The second-order valence-electron chi connectivity index (χ2n) is 2.64. The SMILES string of the molecule is Cc1nc(SCc2nnc(NN)s2)n[nH]1. The van der Waals surface area contributed by atoms with Gasteiger partial charge in [-0.15, -0.1) is 15.3 Å². The van der Waals surface area contributed by atoms with Gasteiger partial charge in [-0.05, 0) is 6.92 Å². The van der Waals surface area contributed by atoms with Crippen molar-refractivity contribution in [3.05, 3.63) is 10.8 Å². The molecule has 0 aliphatic rings. The van der Waals surface area contributed by atoms with E-state index in [4.69, 9.17) is 5.84 Å². The molecule has 0 radical (unpaired) electrons. The number of hydrazine groups is 1. The zero-order chi connectivity index (χ0) is 10.7. The number of aromatic nitrogens is 5. The van der Waals surface area contributed by atoms with Crippen LogP contribution in [0.25, 0.3) is 0 Å². The summed E-state index contributed by atoms with van der Waals surface area (Å²) in [4.78, 5) is 4.17.